The predicted molar refractivity (Wildman–Crippen MR) is 109 cm³/mol. The Balaban J connectivity index is 1.46. The van der Waals surface area contributed by atoms with Gasteiger partial charge in [0.25, 0.3) is 0 Å². The standard InChI is InChI=1S/C20H23N5O2S/c1-17-21-19(23-9-5-6-10-23)15-20(22-17)24-11-13-25(14-12-24)28(26,27)16-18-7-3-2-4-8-18/h2-10,15H,11-14,16H2,1H3. The van der Waals surface area contributed by atoms with E-state index < -0.39 is 10.0 Å². The molecular weight excluding hydrogens is 374 g/mol. The smallest absolute Gasteiger partial charge is 0.218 e. The number of benzene rings is 1. The first kappa shape index (κ1) is 18.6. The normalized spacial score (nSPS) is 15.7. The van der Waals surface area contributed by atoms with Gasteiger partial charge >= 0.3 is 0 Å². The lowest BCUT2D eigenvalue weighted by molar-refractivity contribution is 0.383. The summed E-state index contributed by atoms with van der Waals surface area (Å²) in [6.45, 7) is 4.00. The summed E-state index contributed by atoms with van der Waals surface area (Å²) < 4.78 is 29.0. The van der Waals surface area contributed by atoms with Crippen molar-refractivity contribution >= 4 is 15.8 Å². The van der Waals surface area contributed by atoms with E-state index in [4.69, 9.17) is 0 Å². The summed E-state index contributed by atoms with van der Waals surface area (Å²) in [5.41, 5.74) is 0.813. The van der Waals surface area contributed by atoms with Crippen LogP contribution >= 0.6 is 0 Å². The molecule has 0 radical (unpaired) electrons. The summed E-state index contributed by atoms with van der Waals surface area (Å²) >= 11 is 0. The molecule has 0 amide bonds. The van der Waals surface area contributed by atoms with Gasteiger partial charge in [0.05, 0.1) is 5.75 Å². The number of rotatable bonds is 5. The highest BCUT2D eigenvalue weighted by Gasteiger charge is 2.27. The van der Waals surface area contributed by atoms with E-state index in [1.807, 2.05) is 72.4 Å². The number of nitrogens with zero attached hydrogens (tertiary/aromatic N) is 5. The molecule has 2 aromatic heterocycles. The average Bonchev–Trinajstić information content (AvgIpc) is 3.23. The molecule has 4 rings (SSSR count). The molecule has 1 aliphatic rings. The molecule has 0 saturated carbocycles. The summed E-state index contributed by atoms with van der Waals surface area (Å²) in [7, 11) is -3.32. The molecule has 3 heterocycles. The van der Waals surface area contributed by atoms with E-state index >= 15 is 0 Å². The van der Waals surface area contributed by atoms with Crippen molar-refractivity contribution in [3.8, 4) is 5.82 Å². The van der Waals surface area contributed by atoms with Crippen LogP contribution in [0.5, 0.6) is 0 Å². The van der Waals surface area contributed by atoms with Crippen molar-refractivity contribution in [3.05, 3.63) is 72.3 Å². The summed E-state index contributed by atoms with van der Waals surface area (Å²) in [6.07, 6.45) is 3.89. The van der Waals surface area contributed by atoms with Crippen LogP contribution in [0.1, 0.15) is 11.4 Å². The Bertz CT molecular complexity index is 1030. The van der Waals surface area contributed by atoms with E-state index in [-0.39, 0.29) is 5.75 Å². The molecule has 1 aliphatic heterocycles. The van der Waals surface area contributed by atoms with Gasteiger partial charge in [-0.2, -0.15) is 4.31 Å². The highest BCUT2D eigenvalue weighted by Crippen LogP contribution is 2.20. The molecule has 1 aromatic carbocycles. The molecule has 28 heavy (non-hydrogen) atoms. The summed E-state index contributed by atoms with van der Waals surface area (Å²) in [4.78, 5) is 11.2. The quantitative estimate of drug-likeness (QED) is 0.660. The Labute approximate surface area is 165 Å². The first-order chi connectivity index (χ1) is 13.5. The molecule has 0 N–H and O–H groups in total. The molecule has 0 unspecified atom stereocenters. The van der Waals surface area contributed by atoms with Crippen molar-refractivity contribution in [2.24, 2.45) is 0 Å². The van der Waals surface area contributed by atoms with Gasteiger partial charge in [-0.25, -0.2) is 18.4 Å². The van der Waals surface area contributed by atoms with Crippen molar-refractivity contribution in [1.29, 1.82) is 0 Å². The molecule has 3 aromatic rings. The first-order valence-electron chi connectivity index (χ1n) is 9.27. The highest BCUT2D eigenvalue weighted by molar-refractivity contribution is 7.88. The molecule has 8 heteroatoms. The van der Waals surface area contributed by atoms with Crippen molar-refractivity contribution < 1.29 is 8.42 Å². The molecule has 1 saturated heterocycles. The Morgan fingerprint density at radius 1 is 0.893 bits per heavy atom. The van der Waals surface area contributed by atoms with E-state index in [2.05, 4.69) is 14.9 Å². The fourth-order valence-corrected chi connectivity index (χ4v) is 4.91. The van der Waals surface area contributed by atoms with Crippen LogP contribution in [-0.2, 0) is 15.8 Å². The third kappa shape index (κ3) is 4.07. The Kier molecular flexibility index (Phi) is 5.15. The fourth-order valence-electron chi connectivity index (χ4n) is 3.39. The summed E-state index contributed by atoms with van der Waals surface area (Å²) in [6, 6.07) is 15.2. The maximum Gasteiger partial charge on any atom is 0.218 e. The van der Waals surface area contributed by atoms with Gasteiger partial charge in [0.2, 0.25) is 10.0 Å². The second-order valence-corrected chi connectivity index (χ2v) is 8.82. The van der Waals surface area contributed by atoms with E-state index in [0.717, 1.165) is 17.2 Å². The average molecular weight is 398 g/mol. The second kappa shape index (κ2) is 7.73. The predicted octanol–water partition coefficient (Wildman–Crippen LogP) is 2.23. The van der Waals surface area contributed by atoms with E-state index in [9.17, 15) is 8.42 Å². The van der Waals surface area contributed by atoms with Crippen LogP contribution in [0.3, 0.4) is 0 Å². The lowest BCUT2D eigenvalue weighted by Gasteiger charge is -2.34. The van der Waals surface area contributed by atoms with Gasteiger partial charge in [-0.15, -0.1) is 0 Å². The molecule has 0 atom stereocenters. The summed E-state index contributed by atoms with van der Waals surface area (Å²) in [5, 5.41) is 0. The van der Waals surface area contributed by atoms with Crippen molar-refractivity contribution in [2.75, 3.05) is 31.1 Å². The van der Waals surface area contributed by atoms with E-state index in [0.29, 0.717) is 32.0 Å². The molecular formula is C20H23N5O2S. The minimum atomic E-state index is -3.32. The number of hydrogen-bond donors (Lipinski definition) is 0. The van der Waals surface area contributed by atoms with Gasteiger partial charge in [-0.05, 0) is 24.6 Å². The lowest BCUT2D eigenvalue weighted by atomic mass is 10.2. The number of sulfonamides is 1. The van der Waals surface area contributed by atoms with Gasteiger partial charge < -0.3 is 9.47 Å². The Hall–Kier alpha value is -2.71. The largest absolute Gasteiger partial charge is 0.354 e. The Morgan fingerprint density at radius 3 is 2.21 bits per heavy atom. The number of anilines is 1. The molecule has 7 nitrogen and oxygen atoms in total. The third-order valence-corrected chi connectivity index (χ3v) is 6.68. The molecule has 0 bridgehead atoms. The monoisotopic (exact) mass is 397 g/mol. The van der Waals surface area contributed by atoms with Gasteiger partial charge in [0, 0.05) is 44.6 Å². The van der Waals surface area contributed by atoms with Crippen molar-refractivity contribution in [2.45, 2.75) is 12.7 Å². The van der Waals surface area contributed by atoms with Gasteiger partial charge in [0.15, 0.2) is 0 Å². The minimum Gasteiger partial charge on any atom is -0.354 e. The maximum absolute atomic E-state index is 12.7. The fraction of sp³-hybridized carbons (Fsp3) is 0.300. The van der Waals surface area contributed by atoms with Gasteiger partial charge in [-0.1, -0.05) is 30.3 Å². The van der Waals surface area contributed by atoms with Crippen LogP contribution in [0.4, 0.5) is 5.82 Å². The van der Waals surface area contributed by atoms with Crippen LogP contribution in [0.15, 0.2) is 60.9 Å². The van der Waals surface area contributed by atoms with Crippen LogP contribution in [0.2, 0.25) is 0 Å². The zero-order valence-corrected chi connectivity index (χ0v) is 16.6. The maximum atomic E-state index is 12.7. The van der Waals surface area contributed by atoms with Crippen LogP contribution in [0, 0.1) is 6.92 Å². The lowest BCUT2D eigenvalue weighted by Crippen LogP contribution is -2.49. The molecule has 0 aliphatic carbocycles. The third-order valence-electron chi connectivity index (χ3n) is 4.83. The van der Waals surface area contributed by atoms with E-state index in [1.54, 1.807) is 4.31 Å². The number of piperazine rings is 1. The molecule has 146 valence electrons. The zero-order chi connectivity index (χ0) is 19.6. The van der Waals surface area contributed by atoms with Crippen LogP contribution < -0.4 is 4.90 Å². The SMILES string of the molecule is Cc1nc(N2CCN(S(=O)(=O)Cc3ccccc3)CC2)cc(-n2cccc2)n1. The van der Waals surface area contributed by atoms with Crippen LogP contribution in [-0.4, -0.2) is 53.4 Å². The van der Waals surface area contributed by atoms with Gasteiger partial charge in [0.1, 0.15) is 17.5 Å². The summed E-state index contributed by atoms with van der Waals surface area (Å²) in [5.74, 6) is 2.38. The number of hydrogen-bond acceptors (Lipinski definition) is 5. The van der Waals surface area contributed by atoms with Crippen LogP contribution in [0.25, 0.3) is 5.82 Å². The second-order valence-electron chi connectivity index (χ2n) is 6.85. The molecule has 0 spiro atoms. The number of aromatic nitrogens is 3. The topological polar surface area (TPSA) is 71.3 Å². The minimum absolute atomic E-state index is 0.0399. The Morgan fingerprint density at radius 2 is 1.54 bits per heavy atom. The van der Waals surface area contributed by atoms with Crippen molar-refractivity contribution in [1.82, 2.24) is 18.8 Å². The van der Waals surface area contributed by atoms with Crippen molar-refractivity contribution in [3.63, 3.8) is 0 Å². The first-order valence-corrected chi connectivity index (χ1v) is 10.9. The van der Waals surface area contributed by atoms with Gasteiger partial charge in [-0.3, -0.25) is 0 Å². The highest BCUT2D eigenvalue weighted by atomic mass is 32.2. The molecule has 1 fully saturated rings. The number of aryl methyl sites for hydroxylation is 1. The zero-order valence-electron chi connectivity index (χ0n) is 15.8. The van der Waals surface area contributed by atoms with E-state index in [1.165, 1.54) is 0 Å².